The van der Waals surface area contributed by atoms with Crippen molar-refractivity contribution in [2.24, 2.45) is 5.92 Å². The maximum atomic E-state index is 14.0. The number of nitrogens with one attached hydrogen (secondary N) is 1. The van der Waals surface area contributed by atoms with Crippen LogP contribution < -0.4 is 14.8 Å². The van der Waals surface area contributed by atoms with E-state index in [0.717, 1.165) is 85.6 Å². The SMILES string of the molecule is C=C(C)c1cc(C(=O)N2Cc3ccc(CN[C@@H](CC(C)C)C(=O)OC4CCCC4)cc3C2)c(OCCCC)cc1OCCCC. The Hall–Kier alpha value is -3.32. The topological polar surface area (TPSA) is 77.1 Å². The first kappa shape index (κ1) is 34.6. The summed E-state index contributed by atoms with van der Waals surface area (Å²) in [6.45, 7) is 17.4. The first-order chi connectivity index (χ1) is 21.7. The Morgan fingerprint density at radius 3 is 2.20 bits per heavy atom. The Kier molecular flexibility index (Phi) is 12.9. The van der Waals surface area contributed by atoms with Crippen LogP contribution in [0.25, 0.3) is 5.57 Å². The number of hydrogen-bond donors (Lipinski definition) is 1. The molecule has 1 aliphatic heterocycles. The molecule has 0 radical (unpaired) electrons. The molecule has 1 aliphatic carbocycles. The lowest BCUT2D eigenvalue weighted by Gasteiger charge is -2.22. The lowest BCUT2D eigenvalue weighted by molar-refractivity contribution is -0.151. The van der Waals surface area contributed by atoms with Gasteiger partial charge in [0.1, 0.15) is 23.6 Å². The molecule has 7 heteroatoms. The molecular formula is C38H54N2O5. The van der Waals surface area contributed by atoms with Crippen LogP contribution >= 0.6 is 0 Å². The Morgan fingerprint density at radius 2 is 1.58 bits per heavy atom. The van der Waals surface area contributed by atoms with E-state index in [4.69, 9.17) is 14.2 Å². The van der Waals surface area contributed by atoms with Crippen molar-refractivity contribution in [2.75, 3.05) is 13.2 Å². The van der Waals surface area contributed by atoms with E-state index in [1.165, 1.54) is 0 Å². The Balaban J connectivity index is 1.47. The zero-order chi connectivity index (χ0) is 32.3. The molecule has 7 nitrogen and oxygen atoms in total. The molecule has 2 aromatic rings. The number of ether oxygens (including phenoxy) is 3. The molecule has 2 aliphatic rings. The van der Waals surface area contributed by atoms with Gasteiger partial charge < -0.3 is 24.4 Å². The van der Waals surface area contributed by atoms with Gasteiger partial charge in [-0.2, -0.15) is 0 Å². The molecule has 0 spiro atoms. The Morgan fingerprint density at radius 1 is 0.933 bits per heavy atom. The molecule has 1 atom stereocenters. The van der Waals surface area contributed by atoms with E-state index in [1.54, 1.807) is 0 Å². The van der Waals surface area contributed by atoms with Crippen molar-refractivity contribution in [1.82, 2.24) is 10.2 Å². The molecule has 1 saturated carbocycles. The molecule has 45 heavy (non-hydrogen) atoms. The molecule has 0 saturated heterocycles. The van der Waals surface area contributed by atoms with Gasteiger partial charge in [-0.05, 0) is 86.1 Å². The van der Waals surface area contributed by atoms with E-state index in [2.05, 4.69) is 57.8 Å². The third-order valence-corrected chi connectivity index (χ3v) is 8.69. The van der Waals surface area contributed by atoms with Gasteiger partial charge in [0.15, 0.2) is 0 Å². The van der Waals surface area contributed by atoms with Crippen molar-refractivity contribution < 1.29 is 23.8 Å². The molecule has 0 bridgehead atoms. The predicted octanol–water partition coefficient (Wildman–Crippen LogP) is 8.22. The number of nitrogens with zero attached hydrogens (tertiary/aromatic N) is 1. The lowest BCUT2D eigenvalue weighted by Crippen LogP contribution is -2.40. The van der Waals surface area contributed by atoms with Crippen LogP contribution in [-0.4, -0.2) is 42.1 Å². The molecule has 0 aromatic heterocycles. The van der Waals surface area contributed by atoms with Crippen molar-refractivity contribution >= 4 is 17.4 Å². The lowest BCUT2D eigenvalue weighted by atomic mass is 10.0. The molecule has 1 amide bonds. The summed E-state index contributed by atoms with van der Waals surface area (Å²) in [5.41, 5.74) is 5.58. The number of unbranched alkanes of at least 4 members (excludes halogenated alkanes) is 2. The van der Waals surface area contributed by atoms with Gasteiger partial charge in [0.2, 0.25) is 0 Å². The third kappa shape index (κ3) is 9.59. The van der Waals surface area contributed by atoms with Gasteiger partial charge in [-0.1, -0.05) is 65.3 Å². The maximum absolute atomic E-state index is 14.0. The summed E-state index contributed by atoms with van der Waals surface area (Å²) in [4.78, 5) is 28.9. The fourth-order valence-corrected chi connectivity index (χ4v) is 6.05. The van der Waals surface area contributed by atoms with E-state index in [0.29, 0.717) is 55.8 Å². The fraction of sp³-hybridized carbons (Fsp3) is 0.579. The summed E-state index contributed by atoms with van der Waals surface area (Å²) >= 11 is 0. The smallest absolute Gasteiger partial charge is 0.323 e. The number of hydrogen-bond acceptors (Lipinski definition) is 6. The minimum atomic E-state index is -0.334. The monoisotopic (exact) mass is 618 g/mol. The highest BCUT2D eigenvalue weighted by Gasteiger charge is 2.29. The molecule has 4 rings (SSSR count). The van der Waals surface area contributed by atoms with Crippen LogP contribution in [0.15, 0.2) is 36.9 Å². The zero-order valence-electron chi connectivity index (χ0n) is 28.2. The molecule has 1 heterocycles. The van der Waals surface area contributed by atoms with Crippen molar-refractivity contribution in [1.29, 1.82) is 0 Å². The average Bonchev–Trinajstić information content (AvgIpc) is 3.68. The van der Waals surface area contributed by atoms with Gasteiger partial charge in [-0.3, -0.25) is 9.59 Å². The maximum Gasteiger partial charge on any atom is 0.323 e. The van der Waals surface area contributed by atoms with Gasteiger partial charge in [0, 0.05) is 31.3 Å². The standard InChI is InChI=1S/C38H54N2O5/c1-7-9-17-43-35-22-36(44-18-10-8-2)33(21-32(35)27(5)6)37(41)40-24-29-16-15-28(20-30(29)25-40)23-39-34(19-26(3)4)38(42)45-31-13-11-12-14-31/h15-16,20-22,26,31,34,39H,5,7-14,17-19,23-25H2,1-4,6H3/t34-/m0/s1. The zero-order valence-corrected chi connectivity index (χ0v) is 28.2. The van der Waals surface area contributed by atoms with Gasteiger partial charge in [-0.15, -0.1) is 0 Å². The van der Waals surface area contributed by atoms with Gasteiger partial charge in [0.05, 0.1) is 18.8 Å². The van der Waals surface area contributed by atoms with Gasteiger partial charge >= 0.3 is 5.97 Å². The third-order valence-electron chi connectivity index (χ3n) is 8.69. The number of carbonyl (C=O) groups excluding carboxylic acids is 2. The van der Waals surface area contributed by atoms with Crippen LogP contribution in [0, 0.1) is 5.92 Å². The number of rotatable bonds is 17. The second kappa shape index (κ2) is 16.8. The average molecular weight is 619 g/mol. The fourth-order valence-electron chi connectivity index (χ4n) is 6.05. The Bertz CT molecular complexity index is 1310. The Labute approximate surface area is 270 Å². The van der Waals surface area contributed by atoms with E-state index in [-0.39, 0.29) is 24.0 Å². The van der Waals surface area contributed by atoms with Crippen molar-refractivity contribution in [3.8, 4) is 11.5 Å². The number of benzene rings is 2. The van der Waals surface area contributed by atoms with Gasteiger partial charge in [-0.25, -0.2) is 0 Å². The molecule has 246 valence electrons. The largest absolute Gasteiger partial charge is 0.493 e. The molecule has 1 fully saturated rings. The predicted molar refractivity (Wildman–Crippen MR) is 180 cm³/mol. The summed E-state index contributed by atoms with van der Waals surface area (Å²) in [6, 6.07) is 9.80. The normalized spacial score (nSPS) is 15.3. The number of esters is 1. The van der Waals surface area contributed by atoms with Crippen molar-refractivity contribution in [2.45, 2.75) is 124 Å². The van der Waals surface area contributed by atoms with Crippen LogP contribution in [0.5, 0.6) is 11.5 Å². The molecule has 2 aromatic carbocycles. The van der Waals surface area contributed by atoms with Gasteiger partial charge in [0.25, 0.3) is 5.91 Å². The second-order valence-corrected chi connectivity index (χ2v) is 13.2. The van der Waals surface area contributed by atoms with E-state index < -0.39 is 0 Å². The van der Waals surface area contributed by atoms with E-state index in [9.17, 15) is 9.59 Å². The summed E-state index contributed by atoms with van der Waals surface area (Å²) in [7, 11) is 0. The number of carbonyl (C=O) groups is 2. The molecule has 0 unspecified atom stereocenters. The summed E-state index contributed by atoms with van der Waals surface area (Å²) in [6.07, 6.45) is 8.91. The van der Waals surface area contributed by atoms with Crippen molar-refractivity contribution in [3.05, 3.63) is 64.7 Å². The summed E-state index contributed by atoms with van der Waals surface area (Å²) in [5, 5.41) is 3.47. The summed E-state index contributed by atoms with van der Waals surface area (Å²) in [5.74, 6) is 1.44. The quantitative estimate of drug-likeness (QED) is 0.142. The second-order valence-electron chi connectivity index (χ2n) is 13.2. The van der Waals surface area contributed by atoms with E-state index in [1.807, 2.05) is 24.0 Å². The first-order valence-electron chi connectivity index (χ1n) is 17.1. The number of amides is 1. The first-order valence-corrected chi connectivity index (χ1v) is 17.1. The van der Waals surface area contributed by atoms with Crippen LogP contribution in [0.1, 0.15) is 125 Å². The van der Waals surface area contributed by atoms with Crippen LogP contribution in [0.2, 0.25) is 0 Å². The minimum Gasteiger partial charge on any atom is -0.493 e. The minimum absolute atomic E-state index is 0.0614. The number of allylic oxidation sites excluding steroid dienone is 1. The highest BCUT2D eigenvalue weighted by Crippen LogP contribution is 2.36. The van der Waals surface area contributed by atoms with Crippen molar-refractivity contribution in [3.63, 3.8) is 0 Å². The number of fused-ring (bicyclic) bond motifs is 1. The highest BCUT2D eigenvalue weighted by atomic mass is 16.5. The van der Waals surface area contributed by atoms with Crippen LogP contribution in [0.4, 0.5) is 0 Å². The molecular weight excluding hydrogens is 564 g/mol. The van der Waals surface area contributed by atoms with Crippen LogP contribution in [0.3, 0.4) is 0 Å². The molecule has 1 N–H and O–H groups in total. The van der Waals surface area contributed by atoms with Crippen LogP contribution in [-0.2, 0) is 29.2 Å². The summed E-state index contributed by atoms with van der Waals surface area (Å²) < 4.78 is 18.1. The highest BCUT2D eigenvalue weighted by molar-refractivity contribution is 5.98. The van der Waals surface area contributed by atoms with E-state index >= 15 is 0 Å².